The summed E-state index contributed by atoms with van der Waals surface area (Å²) < 4.78 is 0. The lowest BCUT2D eigenvalue weighted by Gasteiger charge is -2.09. The maximum Gasteiger partial charge on any atom is 0.325 e. The highest BCUT2D eigenvalue weighted by molar-refractivity contribution is 5.32. The van der Waals surface area contributed by atoms with Crippen LogP contribution in [0.4, 0.5) is 0 Å². The monoisotopic (exact) mass is 198 g/mol. The second-order valence-electron chi connectivity index (χ2n) is 2.25. The summed E-state index contributed by atoms with van der Waals surface area (Å²) in [5.74, 6) is -0.190. The van der Waals surface area contributed by atoms with Gasteiger partial charge in [-0.2, -0.15) is 0 Å². The van der Waals surface area contributed by atoms with E-state index in [-0.39, 0.29) is 11.3 Å². The van der Waals surface area contributed by atoms with E-state index < -0.39 is 6.29 Å². The minimum absolute atomic E-state index is 0.0895. The van der Waals surface area contributed by atoms with E-state index in [2.05, 4.69) is 20.4 Å². The molecule has 1 aromatic carbocycles. The van der Waals surface area contributed by atoms with Crippen molar-refractivity contribution in [2.75, 3.05) is 0 Å². The zero-order valence-corrected chi connectivity index (χ0v) is 6.86. The molecule has 0 saturated heterocycles. The van der Waals surface area contributed by atoms with Gasteiger partial charge in [0.25, 0.3) is 0 Å². The molecular weight excluding hydrogens is 192 g/mol. The quantitative estimate of drug-likeness (QED) is 0.441. The van der Waals surface area contributed by atoms with Crippen molar-refractivity contribution in [1.82, 2.24) is 0 Å². The molecule has 0 aromatic heterocycles. The highest BCUT2D eigenvalue weighted by Crippen LogP contribution is 2.27. The Morgan fingerprint density at radius 1 is 1.14 bits per heavy atom. The van der Waals surface area contributed by atoms with Gasteiger partial charge < -0.3 is 14.8 Å². The summed E-state index contributed by atoms with van der Waals surface area (Å²) in [6.45, 7) is 0. The third-order valence-corrected chi connectivity index (χ3v) is 1.47. The van der Waals surface area contributed by atoms with E-state index in [9.17, 15) is 14.9 Å². The number of hydrogen-bond acceptors (Lipinski definition) is 7. The lowest BCUT2D eigenvalue weighted by molar-refractivity contribution is -0.150. The Bertz CT molecular complexity index is 320. The molecule has 0 aliphatic carbocycles. The fourth-order valence-corrected chi connectivity index (χ4v) is 0.898. The number of nitrogens with zero attached hydrogens (tertiary/aromatic N) is 2. The number of phenolic OH excluding ortho intramolecular Hbond substituents is 1. The van der Waals surface area contributed by atoms with Crippen LogP contribution in [0.1, 0.15) is 11.9 Å². The predicted molar refractivity (Wildman–Crippen MR) is 44.6 cm³/mol. The van der Waals surface area contributed by atoms with Crippen molar-refractivity contribution in [3.8, 4) is 5.75 Å². The number of aromatic hydroxyl groups is 1. The second kappa shape index (κ2) is 4.75. The molecule has 7 heteroatoms. The minimum atomic E-state index is -1.42. The molecule has 0 aliphatic rings. The van der Waals surface area contributed by atoms with Gasteiger partial charge in [0, 0.05) is 0 Å². The molecule has 1 aromatic rings. The number of rotatable bonds is 5. The van der Waals surface area contributed by atoms with Gasteiger partial charge >= 0.3 is 6.29 Å². The van der Waals surface area contributed by atoms with Crippen molar-refractivity contribution < 1.29 is 14.8 Å². The van der Waals surface area contributed by atoms with E-state index >= 15 is 0 Å². The summed E-state index contributed by atoms with van der Waals surface area (Å²) in [4.78, 5) is 27.9. The van der Waals surface area contributed by atoms with Gasteiger partial charge in [-0.15, -0.1) is 9.81 Å². The first-order valence-corrected chi connectivity index (χ1v) is 3.54. The van der Waals surface area contributed by atoms with Crippen LogP contribution in [0.3, 0.4) is 0 Å². The number of para-hydroxylation sites is 1. The molecule has 0 unspecified atom stereocenters. The van der Waals surface area contributed by atoms with Gasteiger partial charge in [-0.3, -0.25) is 0 Å². The van der Waals surface area contributed by atoms with Crippen LogP contribution in [0.15, 0.2) is 34.9 Å². The number of phenols is 1. The Hall–Kier alpha value is -2.18. The van der Waals surface area contributed by atoms with Gasteiger partial charge in [-0.25, -0.2) is 0 Å². The van der Waals surface area contributed by atoms with Gasteiger partial charge in [-0.05, 0) is 12.1 Å². The summed E-state index contributed by atoms with van der Waals surface area (Å²) in [6, 6.07) is 5.85. The van der Waals surface area contributed by atoms with E-state index in [1.807, 2.05) is 0 Å². The van der Waals surface area contributed by atoms with E-state index in [4.69, 9.17) is 0 Å². The number of hydrogen-bond donors (Lipinski definition) is 1. The predicted octanol–water partition coefficient (Wildman–Crippen LogP) is 1.79. The third-order valence-electron chi connectivity index (χ3n) is 1.47. The standard InChI is InChI=1S/C7H6N2O5/c10-6-4-2-1-3-5(6)7(13-8-11)14-9-12/h1-4,7,10H. The Kier molecular flexibility index (Phi) is 3.36. The lowest BCUT2D eigenvalue weighted by Crippen LogP contribution is -2.02. The molecule has 7 nitrogen and oxygen atoms in total. The van der Waals surface area contributed by atoms with Crippen LogP contribution in [0.2, 0.25) is 0 Å². The molecule has 0 amide bonds. The molecule has 1 rings (SSSR count). The Morgan fingerprint density at radius 2 is 1.71 bits per heavy atom. The maximum absolute atomic E-state index is 9.80. The Balaban J connectivity index is 2.91. The van der Waals surface area contributed by atoms with E-state index in [1.165, 1.54) is 12.1 Å². The SMILES string of the molecule is O=NOC(ON=O)c1ccccc1O. The summed E-state index contributed by atoms with van der Waals surface area (Å²) in [6.07, 6.45) is -1.42. The van der Waals surface area contributed by atoms with E-state index in [1.54, 1.807) is 12.1 Å². The van der Waals surface area contributed by atoms with Crippen LogP contribution in [0, 0.1) is 9.81 Å². The Morgan fingerprint density at radius 3 is 2.21 bits per heavy atom. The van der Waals surface area contributed by atoms with Crippen LogP contribution in [-0.2, 0) is 9.68 Å². The first-order valence-electron chi connectivity index (χ1n) is 3.54. The van der Waals surface area contributed by atoms with Crippen molar-refractivity contribution in [3.63, 3.8) is 0 Å². The number of benzene rings is 1. The van der Waals surface area contributed by atoms with E-state index in [0.29, 0.717) is 0 Å². The summed E-state index contributed by atoms with van der Waals surface area (Å²) >= 11 is 0. The molecule has 0 bridgehead atoms. The van der Waals surface area contributed by atoms with Crippen LogP contribution in [0.25, 0.3) is 0 Å². The first kappa shape index (κ1) is 9.90. The van der Waals surface area contributed by atoms with Crippen molar-refractivity contribution in [1.29, 1.82) is 0 Å². The van der Waals surface area contributed by atoms with Gasteiger partial charge in [0.1, 0.15) is 5.75 Å². The summed E-state index contributed by atoms with van der Waals surface area (Å²) in [7, 11) is 0. The first-order chi connectivity index (χ1) is 6.79. The van der Waals surface area contributed by atoms with Gasteiger partial charge in [-0.1, -0.05) is 12.1 Å². The zero-order valence-electron chi connectivity index (χ0n) is 6.86. The van der Waals surface area contributed by atoms with Crippen LogP contribution < -0.4 is 0 Å². The highest BCUT2D eigenvalue weighted by atomic mass is 16.9. The fraction of sp³-hybridized carbons (Fsp3) is 0.143. The lowest BCUT2D eigenvalue weighted by atomic mass is 10.2. The average molecular weight is 198 g/mol. The topological polar surface area (TPSA) is 97.5 Å². The molecule has 1 N–H and O–H groups in total. The molecule has 0 radical (unpaired) electrons. The smallest absolute Gasteiger partial charge is 0.325 e. The highest BCUT2D eigenvalue weighted by Gasteiger charge is 2.19. The van der Waals surface area contributed by atoms with Crippen LogP contribution in [0.5, 0.6) is 5.75 Å². The summed E-state index contributed by atoms with van der Waals surface area (Å²) in [5.41, 5.74) is 0.0895. The van der Waals surface area contributed by atoms with Crippen molar-refractivity contribution in [2.45, 2.75) is 6.29 Å². The fourth-order valence-electron chi connectivity index (χ4n) is 0.898. The molecule has 0 aliphatic heterocycles. The third kappa shape index (κ3) is 2.16. The van der Waals surface area contributed by atoms with Crippen molar-refractivity contribution in [3.05, 3.63) is 39.6 Å². The molecule has 0 fully saturated rings. The van der Waals surface area contributed by atoms with Crippen LogP contribution in [-0.4, -0.2) is 5.11 Å². The molecule has 0 atom stereocenters. The Labute approximate surface area is 78.1 Å². The average Bonchev–Trinajstić information content (AvgIpc) is 2.18. The molecule has 0 saturated carbocycles. The summed E-state index contributed by atoms with van der Waals surface area (Å²) in [5, 5.41) is 13.5. The molecule has 0 heterocycles. The molecule has 74 valence electrons. The molecular formula is C7H6N2O5. The maximum atomic E-state index is 9.80. The minimum Gasteiger partial charge on any atom is -0.507 e. The largest absolute Gasteiger partial charge is 0.507 e. The van der Waals surface area contributed by atoms with Gasteiger partial charge in [0.15, 0.2) is 10.7 Å². The molecule has 0 spiro atoms. The normalized spacial score (nSPS) is 9.50. The van der Waals surface area contributed by atoms with Gasteiger partial charge in [0.05, 0.1) is 5.56 Å². The van der Waals surface area contributed by atoms with E-state index in [0.717, 1.165) is 0 Å². The van der Waals surface area contributed by atoms with Crippen molar-refractivity contribution >= 4 is 0 Å². The molecule has 14 heavy (non-hydrogen) atoms. The van der Waals surface area contributed by atoms with Crippen LogP contribution >= 0.6 is 0 Å². The second-order valence-corrected chi connectivity index (χ2v) is 2.25. The zero-order chi connectivity index (χ0) is 10.4. The van der Waals surface area contributed by atoms with Gasteiger partial charge in [0.2, 0.25) is 0 Å². The van der Waals surface area contributed by atoms with Crippen molar-refractivity contribution in [2.24, 2.45) is 10.7 Å².